The lowest BCUT2D eigenvalue weighted by Crippen LogP contribution is -2.49. The fraction of sp³-hybridized carbons (Fsp3) is 0.600. The van der Waals surface area contributed by atoms with Crippen LogP contribution in [0.3, 0.4) is 0 Å². The molecule has 2 amide bonds. The number of hydrogen-bond donors (Lipinski definition) is 4. The number of rotatable bonds is 3. The second-order valence-corrected chi connectivity index (χ2v) is 2.07. The number of aliphatic carboxylic acids is 1. The Morgan fingerprint density at radius 1 is 1.55 bits per heavy atom. The lowest BCUT2D eigenvalue weighted by molar-refractivity contribution is -0.141. The number of hydrogen-bond acceptors (Lipinski definition) is 3. The average Bonchev–Trinajstić information content (AvgIpc) is 1.81. The molecular formula is C5H10N2O4. The van der Waals surface area contributed by atoms with E-state index in [4.69, 9.17) is 10.2 Å². The van der Waals surface area contributed by atoms with Crippen LogP contribution >= 0.6 is 0 Å². The topological polar surface area (TPSA) is 113 Å². The van der Waals surface area contributed by atoms with Crippen molar-refractivity contribution in [3.63, 3.8) is 0 Å². The zero-order valence-corrected chi connectivity index (χ0v) is 5.94. The van der Waals surface area contributed by atoms with E-state index < -0.39 is 24.1 Å². The molecule has 0 aromatic carbocycles. The van der Waals surface area contributed by atoms with E-state index in [2.05, 4.69) is 5.73 Å². The molecule has 0 aromatic rings. The zero-order chi connectivity index (χ0) is 9.02. The molecule has 5 N–H and O–H groups in total. The zero-order valence-electron chi connectivity index (χ0n) is 5.94. The molecule has 0 bridgehead atoms. The number of carboxylic acid groups (broad SMARTS) is 1. The Kier molecular flexibility index (Phi) is 3.32. The molecule has 0 fully saturated rings. The van der Waals surface area contributed by atoms with Crippen molar-refractivity contribution in [2.75, 3.05) is 0 Å². The molecule has 6 nitrogen and oxygen atoms in total. The molecule has 0 unspecified atom stereocenters. The number of carbonyl (C=O) groups excluding carboxylic acids is 1. The highest BCUT2D eigenvalue weighted by Crippen LogP contribution is 1.91. The maximum atomic E-state index is 10.2. The van der Waals surface area contributed by atoms with Crippen molar-refractivity contribution < 1.29 is 19.8 Å². The largest absolute Gasteiger partial charge is 0.480 e. The van der Waals surface area contributed by atoms with E-state index in [1.807, 2.05) is 5.32 Å². The first-order chi connectivity index (χ1) is 4.95. The van der Waals surface area contributed by atoms with E-state index >= 15 is 0 Å². The van der Waals surface area contributed by atoms with E-state index in [1.54, 1.807) is 0 Å². The Balaban J connectivity index is 4.12. The van der Waals surface area contributed by atoms with Gasteiger partial charge in [0, 0.05) is 0 Å². The van der Waals surface area contributed by atoms with Crippen LogP contribution in [0, 0.1) is 0 Å². The first-order valence-corrected chi connectivity index (χ1v) is 2.92. The molecule has 0 saturated carbocycles. The molecule has 2 atom stereocenters. The van der Waals surface area contributed by atoms with Gasteiger partial charge in [-0.3, -0.25) is 0 Å². The third kappa shape index (κ3) is 3.41. The first kappa shape index (κ1) is 9.70. The van der Waals surface area contributed by atoms with Gasteiger partial charge in [-0.1, -0.05) is 0 Å². The maximum absolute atomic E-state index is 10.2. The molecule has 0 saturated heterocycles. The second kappa shape index (κ2) is 3.77. The highest BCUT2D eigenvalue weighted by molar-refractivity contribution is 5.81. The Hall–Kier alpha value is -1.30. The molecule has 0 aliphatic heterocycles. The monoisotopic (exact) mass is 162 g/mol. The van der Waals surface area contributed by atoms with Gasteiger partial charge in [-0.15, -0.1) is 0 Å². The SMILES string of the molecule is C[C@H](O)[C@H](NC(N)=O)C(=O)O. The number of nitrogens with one attached hydrogen (secondary N) is 1. The number of nitrogens with two attached hydrogens (primary N) is 1. The Bertz CT molecular complexity index is 168. The van der Waals surface area contributed by atoms with Crippen LogP contribution in [0.4, 0.5) is 4.79 Å². The lowest BCUT2D eigenvalue weighted by Gasteiger charge is -2.14. The Labute approximate surface area is 63.0 Å². The number of amides is 2. The van der Waals surface area contributed by atoms with Gasteiger partial charge >= 0.3 is 12.0 Å². The van der Waals surface area contributed by atoms with Crippen LogP contribution in [0.1, 0.15) is 6.92 Å². The summed E-state index contributed by atoms with van der Waals surface area (Å²) < 4.78 is 0. The molecule has 6 heteroatoms. The highest BCUT2D eigenvalue weighted by atomic mass is 16.4. The van der Waals surface area contributed by atoms with Crippen molar-refractivity contribution in [3.05, 3.63) is 0 Å². The number of carboxylic acids is 1. The third-order valence-corrected chi connectivity index (χ3v) is 1.05. The van der Waals surface area contributed by atoms with Gasteiger partial charge in [0.05, 0.1) is 6.10 Å². The lowest BCUT2D eigenvalue weighted by atomic mass is 10.2. The van der Waals surface area contributed by atoms with Gasteiger partial charge in [0.2, 0.25) is 0 Å². The predicted molar refractivity (Wildman–Crippen MR) is 35.8 cm³/mol. The van der Waals surface area contributed by atoms with Gasteiger partial charge in [-0.05, 0) is 6.92 Å². The van der Waals surface area contributed by atoms with Gasteiger partial charge in [0.1, 0.15) is 0 Å². The van der Waals surface area contributed by atoms with Crippen molar-refractivity contribution in [1.82, 2.24) is 5.32 Å². The van der Waals surface area contributed by atoms with Crippen LogP contribution in [0.2, 0.25) is 0 Å². The summed E-state index contributed by atoms with van der Waals surface area (Å²) in [6.07, 6.45) is -1.17. The maximum Gasteiger partial charge on any atom is 0.328 e. The normalized spacial score (nSPS) is 15.1. The van der Waals surface area contributed by atoms with Gasteiger partial charge in [-0.25, -0.2) is 9.59 Å². The molecule has 0 radical (unpaired) electrons. The van der Waals surface area contributed by atoms with Crippen molar-refractivity contribution in [2.45, 2.75) is 19.1 Å². The molecule has 0 aromatic heterocycles. The minimum absolute atomic E-state index is 0.974. The summed E-state index contributed by atoms with van der Waals surface area (Å²) in [5.41, 5.74) is 4.64. The first-order valence-electron chi connectivity index (χ1n) is 2.92. The van der Waals surface area contributed by atoms with Crippen molar-refractivity contribution >= 4 is 12.0 Å². The number of urea groups is 1. The summed E-state index contributed by atoms with van der Waals surface area (Å²) in [5.74, 6) is -1.32. The van der Waals surface area contributed by atoms with Gasteiger partial charge in [0.25, 0.3) is 0 Å². The molecular weight excluding hydrogens is 152 g/mol. The van der Waals surface area contributed by atoms with Crippen molar-refractivity contribution in [2.24, 2.45) is 5.73 Å². The Morgan fingerprint density at radius 2 is 2.00 bits per heavy atom. The summed E-state index contributed by atoms with van der Waals surface area (Å²) in [6.45, 7) is 1.24. The number of carbonyl (C=O) groups is 2. The summed E-state index contributed by atoms with van der Waals surface area (Å²) in [4.78, 5) is 20.4. The highest BCUT2D eigenvalue weighted by Gasteiger charge is 2.23. The predicted octanol–water partition coefficient (Wildman–Crippen LogP) is -1.51. The smallest absolute Gasteiger partial charge is 0.328 e. The van der Waals surface area contributed by atoms with Gasteiger partial charge < -0.3 is 21.3 Å². The number of aliphatic hydroxyl groups excluding tert-OH is 1. The minimum Gasteiger partial charge on any atom is -0.480 e. The summed E-state index contributed by atoms with van der Waals surface area (Å²) >= 11 is 0. The van der Waals surface area contributed by atoms with E-state index in [9.17, 15) is 9.59 Å². The quantitative estimate of drug-likeness (QED) is 0.404. The van der Waals surface area contributed by atoms with Crippen molar-refractivity contribution in [3.8, 4) is 0 Å². The molecule has 0 heterocycles. The van der Waals surface area contributed by atoms with Crippen LogP contribution in [0.25, 0.3) is 0 Å². The van der Waals surface area contributed by atoms with E-state index in [0.29, 0.717) is 0 Å². The second-order valence-electron chi connectivity index (χ2n) is 2.07. The summed E-state index contributed by atoms with van der Waals surface area (Å²) in [6, 6.07) is -2.31. The third-order valence-electron chi connectivity index (χ3n) is 1.05. The Morgan fingerprint density at radius 3 is 2.09 bits per heavy atom. The molecule has 64 valence electrons. The molecule has 0 aliphatic carbocycles. The molecule has 0 spiro atoms. The number of aliphatic hydroxyl groups is 1. The molecule has 0 rings (SSSR count). The summed E-state index contributed by atoms with van der Waals surface area (Å²) in [7, 11) is 0. The van der Waals surface area contributed by atoms with E-state index in [1.165, 1.54) is 6.92 Å². The van der Waals surface area contributed by atoms with E-state index in [0.717, 1.165) is 0 Å². The van der Waals surface area contributed by atoms with Gasteiger partial charge in [-0.2, -0.15) is 0 Å². The standard InChI is InChI=1S/C5H10N2O4/c1-2(8)3(4(9)10)7-5(6)11/h2-3,8H,1H3,(H,9,10)(H3,6,7,11)/t2-,3-/m0/s1. The van der Waals surface area contributed by atoms with Crippen LogP contribution < -0.4 is 11.1 Å². The van der Waals surface area contributed by atoms with Crippen LogP contribution in [-0.2, 0) is 4.79 Å². The van der Waals surface area contributed by atoms with Crippen LogP contribution in [0.15, 0.2) is 0 Å². The number of primary amides is 1. The average molecular weight is 162 g/mol. The van der Waals surface area contributed by atoms with Crippen LogP contribution in [-0.4, -0.2) is 34.4 Å². The van der Waals surface area contributed by atoms with Crippen LogP contribution in [0.5, 0.6) is 0 Å². The van der Waals surface area contributed by atoms with E-state index in [-0.39, 0.29) is 0 Å². The van der Waals surface area contributed by atoms with Gasteiger partial charge in [0.15, 0.2) is 6.04 Å². The molecule has 0 aliphatic rings. The fourth-order valence-corrected chi connectivity index (χ4v) is 0.542. The molecule has 11 heavy (non-hydrogen) atoms. The minimum atomic E-state index is -1.34. The fourth-order valence-electron chi connectivity index (χ4n) is 0.542. The summed E-state index contributed by atoms with van der Waals surface area (Å²) in [5, 5.41) is 19.0. The van der Waals surface area contributed by atoms with Crippen molar-refractivity contribution in [1.29, 1.82) is 0 Å².